The maximum Gasteiger partial charge on any atom is 0.407 e. The van der Waals surface area contributed by atoms with E-state index in [2.05, 4.69) is 27.7 Å². The number of nitrogens with one attached hydrogen (secondary N) is 1. The number of nitrogens with zero attached hydrogens (tertiary/aromatic N) is 6. The zero-order valence-electron chi connectivity index (χ0n) is 47.6. The zero-order chi connectivity index (χ0) is 58.8. The molecule has 0 spiro atoms. The molecule has 2 unspecified atom stereocenters. The highest BCUT2D eigenvalue weighted by molar-refractivity contribution is 5.97. The number of alkyl carbamates (subject to hydrolysis) is 1. The summed E-state index contributed by atoms with van der Waals surface area (Å²) >= 11 is 0. The third-order valence-corrected chi connectivity index (χ3v) is 14.1. The van der Waals surface area contributed by atoms with Gasteiger partial charge in [0.2, 0.25) is 0 Å². The fraction of sp³-hybridized carbons (Fsp3) is 0.299. The molecule has 0 aliphatic heterocycles. The SMILES string of the molecule is Cc1cc(C(=O)Cc2cc(C(OCC3CC3)c3cccc(C#N)c3)ccc2F)n(-c2cccc(CN)c2)n1.Cc1cc(C(=O)Cc2cc(C(OCC3CC3)c3cccc(C#N)c3)ccc2F)n(-c2cccc(CNC(=O)OC(C)(C)C)c2)n1.Cl. The largest absolute Gasteiger partial charge is 0.444 e. The van der Waals surface area contributed by atoms with Crippen LogP contribution in [0.1, 0.15) is 147 Å². The van der Waals surface area contributed by atoms with Gasteiger partial charge in [-0.2, -0.15) is 20.7 Å². The van der Waals surface area contributed by atoms with Gasteiger partial charge in [0.15, 0.2) is 11.6 Å². The Morgan fingerprint density at radius 3 is 1.48 bits per heavy atom. The minimum atomic E-state index is -0.611. The van der Waals surface area contributed by atoms with Crippen LogP contribution in [0, 0.1) is 60.0 Å². The van der Waals surface area contributed by atoms with Gasteiger partial charge in [-0.3, -0.25) is 9.59 Å². The summed E-state index contributed by atoms with van der Waals surface area (Å²) in [5.41, 5.74) is 14.9. The van der Waals surface area contributed by atoms with Gasteiger partial charge < -0.3 is 25.3 Å². The number of carbonyl (C=O) groups excluding carboxylic acids is 3. The first-order chi connectivity index (χ1) is 39.9. The van der Waals surface area contributed by atoms with Gasteiger partial charge in [0.1, 0.15) is 40.8 Å². The number of nitriles is 2. The molecule has 2 aromatic heterocycles. The van der Waals surface area contributed by atoms with Crippen molar-refractivity contribution in [2.75, 3.05) is 13.2 Å². The van der Waals surface area contributed by atoms with E-state index in [1.54, 1.807) is 104 Å². The van der Waals surface area contributed by atoms with Gasteiger partial charge in [0.25, 0.3) is 0 Å². The normalized spacial score (nSPS) is 13.5. The van der Waals surface area contributed by atoms with Crippen molar-refractivity contribution in [3.63, 3.8) is 0 Å². The minimum Gasteiger partial charge on any atom is -0.444 e. The molecule has 2 aliphatic rings. The Labute approximate surface area is 494 Å². The Morgan fingerprint density at radius 2 is 1.05 bits per heavy atom. The molecule has 17 heteroatoms. The summed E-state index contributed by atoms with van der Waals surface area (Å²) in [6, 6.07) is 46.6. The standard InChI is InChI=1S/C36H37FN4O4.C31H29FN4O2.ClH/c1-23-15-32(41(40-23)30-10-6-8-26(17-30)21-39-35(43)45-36(2,3)4)33(42)19-29-18-28(13-14-31(29)37)34(44-22-24-11-12-24)27-9-5-7-25(16-27)20-38;1-20-12-29(36(35-20)27-7-3-5-23(14-27)18-34)30(37)16-26-15-25(10-11-28(26)32)31(38-19-21-8-9-21)24-6-2-4-22(13-24)17-33;/h5-10,13-18,24,34H,11-12,19,21-22H2,1-4H3,(H,39,43);2-7,10-15,21,31H,8-9,16,18-19,34H2,1H3;1H. The zero-order valence-corrected chi connectivity index (χ0v) is 48.4. The number of amides is 1. The fourth-order valence-corrected chi connectivity index (χ4v) is 9.55. The van der Waals surface area contributed by atoms with Crippen molar-refractivity contribution >= 4 is 30.1 Å². The second kappa shape index (κ2) is 27.6. The summed E-state index contributed by atoms with van der Waals surface area (Å²) < 4.78 is 51.2. The molecule has 0 radical (unpaired) electrons. The summed E-state index contributed by atoms with van der Waals surface area (Å²) in [5, 5.41) is 30.6. The lowest BCUT2D eigenvalue weighted by Crippen LogP contribution is -2.32. The number of aromatic nitrogens is 4. The van der Waals surface area contributed by atoms with Crippen molar-refractivity contribution in [3.05, 3.63) is 236 Å². The number of ketones is 2. The molecule has 0 saturated heterocycles. The van der Waals surface area contributed by atoms with E-state index in [9.17, 15) is 24.9 Å². The molecule has 2 atom stereocenters. The van der Waals surface area contributed by atoms with E-state index in [4.69, 9.17) is 19.9 Å². The molecule has 3 N–H and O–H groups in total. The number of hydrogen-bond acceptors (Lipinski definition) is 11. The predicted molar refractivity (Wildman–Crippen MR) is 317 cm³/mol. The van der Waals surface area contributed by atoms with Crippen molar-refractivity contribution in [3.8, 4) is 23.5 Å². The molecule has 2 aliphatic carbocycles. The Kier molecular flexibility index (Phi) is 20.2. The maximum absolute atomic E-state index is 15.2. The second-order valence-electron chi connectivity index (χ2n) is 22.3. The van der Waals surface area contributed by atoms with Crippen LogP contribution >= 0.6 is 12.4 Å². The van der Waals surface area contributed by atoms with E-state index in [0.29, 0.717) is 76.7 Å². The number of Topliss-reactive ketones (excluding diaryl/α,β-unsaturated/α-hetero) is 2. The van der Waals surface area contributed by atoms with E-state index in [0.717, 1.165) is 59.2 Å². The monoisotopic (exact) mass is 1150 g/mol. The van der Waals surface area contributed by atoms with Crippen LogP contribution in [-0.2, 0) is 40.1 Å². The first kappa shape index (κ1) is 61.4. The second-order valence-corrected chi connectivity index (χ2v) is 22.3. The van der Waals surface area contributed by atoms with Crippen LogP contribution in [0.25, 0.3) is 11.4 Å². The summed E-state index contributed by atoms with van der Waals surface area (Å²) in [6.07, 6.45) is 2.69. The van der Waals surface area contributed by atoms with Gasteiger partial charge in [0.05, 0.1) is 59.2 Å². The Hall–Kier alpha value is -8.64. The number of benzene rings is 6. The average molecular weight is 1150 g/mol. The van der Waals surface area contributed by atoms with Crippen molar-refractivity contribution in [2.24, 2.45) is 17.6 Å². The molecule has 14 nitrogen and oxygen atoms in total. The van der Waals surface area contributed by atoms with Crippen LogP contribution < -0.4 is 11.1 Å². The van der Waals surface area contributed by atoms with E-state index < -0.39 is 35.5 Å². The number of ether oxygens (including phenoxy) is 3. The predicted octanol–water partition coefficient (Wildman–Crippen LogP) is 13.2. The van der Waals surface area contributed by atoms with Crippen molar-refractivity contribution in [1.82, 2.24) is 24.9 Å². The van der Waals surface area contributed by atoms with Crippen molar-refractivity contribution in [1.29, 1.82) is 10.5 Å². The molecular formula is C67H67ClF2N8O6. The van der Waals surface area contributed by atoms with E-state index in [-0.39, 0.29) is 54.5 Å². The molecule has 2 saturated carbocycles. The lowest BCUT2D eigenvalue weighted by molar-refractivity contribution is 0.0523. The number of aryl methyl sites for hydroxylation is 2. The Balaban J connectivity index is 0.000000219. The van der Waals surface area contributed by atoms with Crippen molar-refractivity contribution < 1.29 is 37.4 Å². The quantitative estimate of drug-likeness (QED) is 0.0649. The molecule has 2 heterocycles. The van der Waals surface area contributed by atoms with Crippen LogP contribution in [0.4, 0.5) is 13.6 Å². The van der Waals surface area contributed by atoms with Crippen LogP contribution in [-0.4, -0.2) is 56.0 Å². The number of rotatable bonds is 21. The minimum absolute atomic E-state index is 0. The van der Waals surface area contributed by atoms with Gasteiger partial charge >= 0.3 is 6.09 Å². The first-order valence-corrected chi connectivity index (χ1v) is 27.8. The number of carbonyl (C=O) groups is 3. The molecule has 2 fully saturated rings. The lowest BCUT2D eigenvalue weighted by atomic mass is 9.96. The summed E-state index contributed by atoms with van der Waals surface area (Å²) in [4.78, 5) is 39.3. The number of hydrogen-bond donors (Lipinski definition) is 2. The maximum atomic E-state index is 15.2. The van der Waals surface area contributed by atoms with Gasteiger partial charge in [-0.05, 0) is 202 Å². The van der Waals surface area contributed by atoms with Crippen LogP contribution in [0.3, 0.4) is 0 Å². The van der Waals surface area contributed by atoms with E-state index >= 15 is 8.78 Å². The van der Waals surface area contributed by atoms with Crippen LogP contribution in [0.5, 0.6) is 0 Å². The molecule has 6 aromatic carbocycles. The highest BCUT2D eigenvalue weighted by Gasteiger charge is 2.28. The Morgan fingerprint density at radius 1 is 0.619 bits per heavy atom. The van der Waals surface area contributed by atoms with Crippen LogP contribution in [0.15, 0.2) is 146 Å². The van der Waals surface area contributed by atoms with Gasteiger partial charge in [-0.1, -0.05) is 60.7 Å². The summed E-state index contributed by atoms with van der Waals surface area (Å²) in [6.45, 7) is 10.8. The van der Waals surface area contributed by atoms with Gasteiger partial charge in [-0.15, -0.1) is 12.4 Å². The van der Waals surface area contributed by atoms with Gasteiger partial charge in [0, 0.05) is 25.9 Å². The van der Waals surface area contributed by atoms with E-state index in [1.165, 1.54) is 12.1 Å². The molecule has 1 amide bonds. The lowest BCUT2D eigenvalue weighted by Gasteiger charge is -2.20. The smallest absolute Gasteiger partial charge is 0.407 e. The van der Waals surface area contributed by atoms with Crippen molar-refractivity contribution in [2.45, 2.75) is 104 Å². The third-order valence-electron chi connectivity index (χ3n) is 14.1. The molecule has 432 valence electrons. The topological polar surface area (TPSA) is 200 Å². The molecule has 0 bridgehead atoms. The van der Waals surface area contributed by atoms with E-state index in [1.807, 2.05) is 73.7 Å². The van der Waals surface area contributed by atoms with Crippen LogP contribution in [0.2, 0.25) is 0 Å². The molecule has 84 heavy (non-hydrogen) atoms. The first-order valence-electron chi connectivity index (χ1n) is 27.8. The molecular weight excluding hydrogens is 1090 g/mol. The van der Waals surface area contributed by atoms with Gasteiger partial charge in [-0.25, -0.2) is 22.9 Å². The number of nitrogens with two attached hydrogens (primary N) is 1. The summed E-state index contributed by atoms with van der Waals surface area (Å²) in [5.74, 6) is -0.464. The molecule has 8 aromatic rings. The highest BCUT2D eigenvalue weighted by Crippen LogP contribution is 2.36. The average Bonchev–Trinajstić information content (AvgIpc) is 4.56. The third kappa shape index (κ3) is 16.3. The number of halogens is 3. The molecule has 10 rings (SSSR count). The Bertz CT molecular complexity index is 3760. The fourth-order valence-electron chi connectivity index (χ4n) is 9.55. The summed E-state index contributed by atoms with van der Waals surface area (Å²) in [7, 11) is 0. The highest BCUT2D eigenvalue weighted by atomic mass is 35.5.